The van der Waals surface area contributed by atoms with Crippen LogP contribution < -0.4 is 10.9 Å². The summed E-state index contributed by atoms with van der Waals surface area (Å²) >= 11 is 7.32. The van der Waals surface area contributed by atoms with Crippen molar-refractivity contribution in [1.29, 1.82) is 0 Å². The number of nitro groups is 1. The van der Waals surface area contributed by atoms with E-state index in [2.05, 4.69) is 10.9 Å². The first-order valence-corrected chi connectivity index (χ1v) is 9.24. The van der Waals surface area contributed by atoms with Gasteiger partial charge in [-0.1, -0.05) is 29.8 Å². The first-order valence-electron chi connectivity index (χ1n) is 8.04. The molecule has 1 aromatic heterocycles. The minimum Gasteiger partial charge on any atom is -0.451 e. The normalized spacial score (nSPS) is 10.4. The Morgan fingerprint density at radius 3 is 2.41 bits per heavy atom. The molecule has 0 saturated carbocycles. The van der Waals surface area contributed by atoms with Crippen LogP contribution in [-0.2, 0) is 9.53 Å². The zero-order valence-corrected chi connectivity index (χ0v) is 16.1. The SMILES string of the molecule is O=C(COC(=O)c1sc2ccccc2c1Cl)NNC(=O)c1ccc([N+](=O)[O-])cc1. The number of hydrogen-bond acceptors (Lipinski definition) is 7. The lowest BCUT2D eigenvalue weighted by Crippen LogP contribution is -2.43. The summed E-state index contributed by atoms with van der Waals surface area (Å²) in [5.74, 6) is -2.22. The van der Waals surface area contributed by atoms with Crippen molar-refractivity contribution in [2.24, 2.45) is 0 Å². The number of carbonyl (C=O) groups excluding carboxylic acids is 3. The molecule has 0 saturated heterocycles. The first-order chi connectivity index (χ1) is 13.9. The zero-order chi connectivity index (χ0) is 21.0. The van der Waals surface area contributed by atoms with Gasteiger partial charge in [-0.05, 0) is 18.2 Å². The summed E-state index contributed by atoms with van der Waals surface area (Å²) in [5.41, 5.74) is 4.14. The van der Waals surface area contributed by atoms with Crippen molar-refractivity contribution in [3.05, 3.63) is 74.1 Å². The number of amides is 2. The predicted molar refractivity (Wildman–Crippen MR) is 106 cm³/mol. The molecule has 9 nitrogen and oxygen atoms in total. The fraction of sp³-hybridized carbons (Fsp3) is 0.0556. The number of non-ortho nitro benzene ring substituents is 1. The molecule has 2 aromatic carbocycles. The Kier molecular flexibility index (Phi) is 6.05. The fourth-order valence-corrected chi connectivity index (χ4v) is 3.71. The molecule has 0 aliphatic carbocycles. The second-order valence-corrected chi connectivity index (χ2v) is 7.05. The van der Waals surface area contributed by atoms with Gasteiger partial charge >= 0.3 is 5.97 Å². The lowest BCUT2D eigenvalue weighted by molar-refractivity contribution is -0.384. The average Bonchev–Trinajstić information content (AvgIpc) is 3.07. The van der Waals surface area contributed by atoms with Gasteiger partial charge in [0.15, 0.2) is 6.61 Å². The second kappa shape index (κ2) is 8.67. The Hall–Kier alpha value is -3.50. The zero-order valence-electron chi connectivity index (χ0n) is 14.5. The average molecular weight is 434 g/mol. The maximum atomic E-state index is 12.2. The standard InChI is InChI=1S/C18H12ClN3O6S/c19-15-12-3-1-2-4-13(12)29-16(15)18(25)28-9-14(23)20-21-17(24)10-5-7-11(8-6-10)22(26)27/h1-8H,9H2,(H,20,23)(H,21,24). The van der Waals surface area contributed by atoms with Crippen molar-refractivity contribution < 1.29 is 24.0 Å². The van der Waals surface area contributed by atoms with Gasteiger partial charge in [0.05, 0.1) is 9.95 Å². The number of carbonyl (C=O) groups is 3. The molecule has 0 aliphatic rings. The van der Waals surface area contributed by atoms with Gasteiger partial charge in [0.25, 0.3) is 17.5 Å². The number of nitro benzene ring substituents is 1. The van der Waals surface area contributed by atoms with E-state index in [-0.39, 0.29) is 21.2 Å². The monoisotopic (exact) mass is 433 g/mol. The molecule has 0 aliphatic heterocycles. The molecule has 0 fully saturated rings. The molecule has 0 radical (unpaired) electrons. The maximum absolute atomic E-state index is 12.2. The highest BCUT2D eigenvalue weighted by Crippen LogP contribution is 2.35. The van der Waals surface area contributed by atoms with Gasteiger partial charge in [0, 0.05) is 27.8 Å². The third-order valence-corrected chi connectivity index (χ3v) is 5.37. The van der Waals surface area contributed by atoms with Crippen molar-refractivity contribution in [3.63, 3.8) is 0 Å². The summed E-state index contributed by atoms with van der Waals surface area (Å²) in [4.78, 5) is 46.1. The summed E-state index contributed by atoms with van der Waals surface area (Å²) in [6.45, 7) is -0.635. The number of esters is 1. The number of benzene rings is 2. The summed E-state index contributed by atoms with van der Waals surface area (Å²) in [6, 6.07) is 12.0. The van der Waals surface area contributed by atoms with Crippen molar-refractivity contribution in [2.45, 2.75) is 0 Å². The summed E-state index contributed by atoms with van der Waals surface area (Å²) in [7, 11) is 0. The minimum absolute atomic E-state index is 0.102. The van der Waals surface area contributed by atoms with Crippen LogP contribution in [0.5, 0.6) is 0 Å². The summed E-state index contributed by atoms with van der Waals surface area (Å²) in [6.07, 6.45) is 0. The Morgan fingerprint density at radius 2 is 1.76 bits per heavy atom. The van der Waals surface area contributed by atoms with Gasteiger partial charge in [-0.3, -0.25) is 30.6 Å². The van der Waals surface area contributed by atoms with Crippen LogP contribution in [0, 0.1) is 10.1 Å². The van der Waals surface area contributed by atoms with Crippen LogP contribution in [0.2, 0.25) is 5.02 Å². The number of nitrogens with zero attached hydrogens (tertiary/aromatic N) is 1. The van der Waals surface area contributed by atoms with Crippen molar-refractivity contribution >= 4 is 56.5 Å². The van der Waals surface area contributed by atoms with Crippen molar-refractivity contribution in [2.75, 3.05) is 6.61 Å². The molecular weight excluding hydrogens is 422 g/mol. The van der Waals surface area contributed by atoms with Gasteiger partial charge in [-0.2, -0.15) is 0 Å². The molecule has 3 aromatic rings. The van der Waals surface area contributed by atoms with Crippen LogP contribution in [0.4, 0.5) is 5.69 Å². The van der Waals surface area contributed by atoms with Crippen molar-refractivity contribution in [1.82, 2.24) is 10.9 Å². The fourth-order valence-electron chi connectivity index (χ4n) is 2.31. The number of rotatable bonds is 5. The van der Waals surface area contributed by atoms with Gasteiger partial charge < -0.3 is 4.74 Å². The molecule has 11 heteroatoms. The topological polar surface area (TPSA) is 128 Å². The van der Waals surface area contributed by atoms with Crippen LogP contribution in [0.25, 0.3) is 10.1 Å². The Labute approximate surface area is 172 Å². The predicted octanol–water partition coefficient (Wildman–Crippen LogP) is 3.08. The van der Waals surface area contributed by atoms with E-state index in [9.17, 15) is 24.5 Å². The molecule has 0 atom stereocenters. The highest BCUT2D eigenvalue weighted by atomic mass is 35.5. The van der Waals surface area contributed by atoms with Crippen LogP contribution in [0.1, 0.15) is 20.0 Å². The number of hydrogen-bond donors (Lipinski definition) is 2. The molecule has 2 amide bonds. The first kappa shape index (κ1) is 20.2. The highest BCUT2D eigenvalue weighted by molar-refractivity contribution is 7.21. The molecule has 1 heterocycles. The van der Waals surface area contributed by atoms with Gasteiger partial charge in [0.1, 0.15) is 4.88 Å². The van der Waals surface area contributed by atoms with Crippen LogP contribution >= 0.6 is 22.9 Å². The van der Waals surface area contributed by atoms with E-state index >= 15 is 0 Å². The van der Waals surface area contributed by atoms with E-state index in [0.717, 1.165) is 28.2 Å². The number of ether oxygens (including phenoxy) is 1. The Morgan fingerprint density at radius 1 is 1.07 bits per heavy atom. The van der Waals surface area contributed by atoms with E-state index in [1.54, 1.807) is 12.1 Å². The maximum Gasteiger partial charge on any atom is 0.350 e. The lowest BCUT2D eigenvalue weighted by atomic mass is 10.2. The van der Waals surface area contributed by atoms with E-state index in [1.165, 1.54) is 12.1 Å². The third-order valence-electron chi connectivity index (χ3n) is 3.71. The molecule has 29 heavy (non-hydrogen) atoms. The van der Waals surface area contributed by atoms with E-state index in [1.807, 2.05) is 12.1 Å². The number of thiophene rings is 1. The molecule has 2 N–H and O–H groups in total. The molecule has 3 rings (SSSR count). The third kappa shape index (κ3) is 4.68. The second-order valence-electron chi connectivity index (χ2n) is 5.62. The molecule has 0 spiro atoms. The Bertz CT molecular complexity index is 1110. The number of fused-ring (bicyclic) bond motifs is 1. The minimum atomic E-state index is -0.772. The molecule has 0 unspecified atom stereocenters. The summed E-state index contributed by atoms with van der Waals surface area (Å²) < 4.78 is 5.74. The van der Waals surface area contributed by atoms with Gasteiger partial charge in [0.2, 0.25) is 0 Å². The van der Waals surface area contributed by atoms with Crippen LogP contribution in [-0.4, -0.2) is 29.3 Å². The van der Waals surface area contributed by atoms with E-state index < -0.39 is 29.3 Å². The molecule has 148 valence electrons. The number of halogens is 1. The smallest absolute Gasteiger partial charge is 0.350 e. The lowest BCUT2D eigenvalue weighted by Gasteiger charge is -2.08. The quantitative estimate of drug-likeness (QED) is 0.361. The van der Waals surface area contributed by atoms with E-state index in [4.69, 9.17) is 16.3 Å². The highest BCUT2D eigenvalue weighted by Gasteiger charge is 2.19. The molecule has 0 bridgehead atoms. The van der Waals surface area contributed by atoms with Crippen LogP contribution in [0.3, 0.4) is 0 Å². The molecular formula is C18H12ClN3O6S. The van der Waals surface area contributed by atoms with Crippen LogP contribution in [0.15, 0.2) is 48.5 Å². The largest absolute Gasteiger partial charge is 0.451 e. The van der Waals surface area contributed by atoms with E-state index in [0.29, 0.717) is 5.39 Å². The summed E-state index contributed by atoms with van der Waals surface area (Å²) in [5, 5.41) is 11.6. The Balaban J connectivity index is 1.51. The van der Waals surface area contributed by atoms with Gasteiger partial charge in [-0.15, -0.1) is 11.3 Å². The van der Waals surface area contributed by atoms with Crippen molar-refractivity contribution in [3.8, 4) is 0 Å². The number of nitrogens with one attached hydrogen (secondary N) is 2. The van der Waals surface area contributed by atoms with Gasteiger partial charge in [-0.25, -0.2) is 4.79 Å². The number of hydrazine groups is 1.